The minimum Gasteiger partial charge on any atom is -0.304 e. The van der Waals surface area contributed by atoms with Gasteiger partial charge in [-0.05, 0) is 19.4 Å². The van der Waals surface area contributed by atoms with Crippen molar-refractivity contribution >= 4 is 5.78 Å². The molecule has 1 aliphatic rings. The summed E-state index contributed by atoms with van der Waals surface area (Å²) in [6.45, 7) is 6.95. The number of carbonyl (C=O) groups excluding carboxylic acids is 1. The second-order valence-electron chi connectivity index (χ2n) is 3.70. The molecule has 0 spiro atoms. The van der Waals surface area contributed by atoms with Crippen molar-refractivity contribution in [3.8, 4) is 0 Å². The molecule has 1 aliphatic heterocycles. The third-order valence-corrected chi connectivity index (χ3v) is 2.08. The molecule has 2 atom stereocenters. The van der Waals surface area contributed by atoms with E-state index in [0.717, 1.165) is 0 Å². The van der Waals surface area contributed by atoms with Crippen LogP contribution in [0.5, 0.6) is 0 Å². The lowest BCUT2D eigenvalue weighted by molar-refractivity contribution is -0.117. The Kier molecular flexibility index (Phi) is 2.33. The van der Waals surface area contributed by atoms with Crippen LogP contribution in [0.3, 0.4) is 0 Å². The summed E-state index contributed by atoms with van der Waals surface area (Å²) in [5, 5.41) is 2.84. The fraction of sp³-hybridized carbons (Fsp3) is 0.667. The van der Waals surface area contributed by atoms with E-state index in [-0.39, 0.29) is 24.8 Å². The number of halogens is 1. The first-order valence-electron chi connectivity index (χ1n) is 4.04. The topological polar surface area (TPSA) is 29.1 Å². The number of hydrogen-bond acceptors (Lipinski definition) is 2. The minimum absolute atomic E-state index is 0.0728. The van der Waals surface area contributed by atoms with Crippen molar-refractivity contribution in [2.24, 2.45) is 0 Å². The van der Waals surface area contributed by atoms with Crippen molar-refractivity contribution in [3.05, 3.63) is 12.2 Å². The Balaban J connectivity index is 2.59. The predicted octanol–water partition coefficient (Wildman–Crippen LogP) is 1.22. The van der Waals surface area contributed by atoms with E-state index in [0.29, 0.717) is 5.57 Å². The van der Waals surface area contributed by atoms with Gasteiger partial charge in [-0.15, -0.1) is 0 Å². The number of ketones is 1. The highest BCUT2D eigenvalue weighted by atomic mass is 19.1. The maximum absolute atomic E-state index is 13.2. The van der Waals surface area contributed by atoms with Gasteiger partial charge in [0.25, 0.3) is 0 Å². The molecule has 0 amide bonds. The maximum Gasteiger partial charge on any atom is 0.174 e. The summed E-state index contributed by atoms with van der Waals surface area (Å²) < 4.78 is 13.2. The van der Waals surface area contributed by atoms with Gasteiger partial charge in [0.1, 0.15) is 5.67 Å². The maximum atomic E-state index is 13.2. The second-order valence-corrected chi connectivity index (χ2v) is 3.70. The van der Waals surface area contributed by atoms with Crippen LogP contribution in [0.1, 0.15) is 20.3 Å². The molecule has 12 heavy (non-hydrogen) atoms. The van der Waals surface area contributed by atoms with Crippen molar-refractivity contribution in [1.82, 2.24) is 5.32 Å². The third kappa shape index (κ3) is 1.91. The van der Waals surface area contributed by atoms with E-state index in [4.69, 9.17) is 0 Å². The van der Waals surface area contributed by atoms with Gasteiger partial charge in [0.2, 0.25) is 0 Å². The molecule has 1 heterocycles. The van der Waals surface area contributed by atoms with E-state index < -0.39 is 5.67 Å². The average Bonchev–Trinajstić information content (AvgIpc) is 2.28. The molecule has 2 unspecified atom stereocenters. The number of Topliss-reactive ketones (excluding diaryl/α,β-unsaturated/α-hetero) is 1. The fourth-order valence-electron chi connectivity index (χ4n) is 1.39. The molecule has 0 aromatic heterocycles. The van der Waals surface area contributed by atoms with Gasteiger partial charge in [-0.1, -0.05) is 6.58 Å². The van der Waals surface area contributed by atoms with Gasteiger partial charge >= 0.3 is 0 Å². The first-order valence-corrected chi connectivity index (χ1v) is 4.04. The lowest BCUT2D eigenvalue weighted by Crippen LogP contribution is -2.30. The Morgan fingerprint density at radius 2 is 2.33 bits per heavy atom. The van der Waals surface area contributed by atoms with Crippen LogP contribution in [0, 0.1) is 0 Å². The van der Waals surface area contributed by atoms with Crippen LogP contribution in [-0.2, 0) is 4.79 Å². The van der Waals surface area contributed by atoms with Gasteiger partial charge in [-0.25, -0.2) is 4.39 Å². The highest BCUT2D eigenvalue weighted by molar-refractivity contribution is 5.98. The monoisotopic (exact) mass is 171 g/mol. The second kappa shape index (κ2) is 2.98. The van der Waals surface area contributed by atoms with Crippen LogP contribution in [0.4, 0.5) is 4.39 Å². The Hall–Kier alpha value is -0.700. The molecule has 2 nitrogen and oxygen atoms in total. The lowest BCUT2D eigenvalue weighted by atomic mass is 10.00. The fourth-order valence-corrected chi connectivity index (χ4v) is 1.39. The molecule has 0 saturated carbocycles. The summed E-state index contributed by atoms with van der Waals surface area (Å²) in [5.41, 5.74) is -0.749. The summed E-state index contributed by atoms with van der Waals surface area (Å²) in [7, 11) is 0. The van der Waals surface area contributed by atoms with Gasteiger partial charge < -0.3 is 5.32 Å². The van der Waals surface area contributed by atoms with Gasteiger partial charge in [0.15, 0.2) is 5.78 Å². The number of hydrogen-bond donors (Lipinski definition) is 1. The molecule has 0 radical (unpaired) electrons. The Bertz CT molecular complexity index is 223. The highest BCUT2D eigenvalue weighted by Gasteiger charge is 2.37. The molecule has 1 fully saturated rings. The zero-order chi connectivity index (χ0) is 9.35. The van der Waals surface area contributed by atoms with Crippen LogP contribution in [-0.4, -0.2) is 24.0 Å². The lowest BCUT2D eigenvalue weighted by Gasteiger charge is -2.10. The molecular formula is C9H14FNO. The Labute approximate surface area is 71.8 Å². The van der Waals surface area contributed by atoms with Gasteiger partial charge in [-0.2, -0.15) is 0 Å². The number of alkyl halides is 1. The number of rotatable bonds is 2. The van der Waals surface area contributed by atoms with Crippen molar-refractivity contribution in [2.75, 3.05) is 6.54 Å². The molecule has 0 aliphatic carbocycles. The van der Waals surface area contributed by atoms with E-state index in [1.165, 1.54) is 6.92 Å². The molecule has 1 rings (SSSR count). The zero-order valence-corrected chi connectivity index (χ0v) is 7.48. The van der Waals surface area contributed by atoms with Crippen molar-refractivity contribution in [2.45, 2.75) is 32.0 Å². The Morgan fingerprint density at radius 3 is 2.67 bits per heavy atom. The zero-order valence-electron chi connectivity index (χ0n) is 7.48. The van der Waals surface area contributed by atoms with E-state index in [1.807, 2.05) is 0 Å². The molecular weight excluding hydrogens is 157 g/mol. The number of nitrogens with one attached hydrogen (secondary N) is 1. The van der Waals surface area contributed by atoms with E-state index in [2.05, 4.69) is 11.9 Å². The van der Waals surface area contributed by atoms with E-state index in [1.54, 1.807) is 6.92 Å². The first-order chi connectivity index (χ1) is 5.42. The average molecular weight is 171 g/mol. The SMILES string of the molecule is C=C(C)C(=O)C1CC(C)(F)CN1. The third-order valence-electron chi connectivity index (χ3n) is 2.08. The largest absolute Gasteiger partial charge is 0.304 e. The molecule has 1 saturated heterocycles. The smallest absolute Gasteiger partial charge is 0.174 e. The van der Waals surface area contributed by atoms with Gasteiger partial charge in [-0.3, -0.25) is 4.79 Å². The van der Waals surface area contributed by atoms with Crippen molar-refractivity contribution in [1.29, 1.82) is 0 Å². The van der Waals surface area contributed by atoms with Crippen LogP contribution < -0.4 is 5.32 Å². The van der Waals surface area contributed by atoms with E-state index >= 15 is 0 Å². The Morgan fingerprint density at radius 1 is 1.75 bits per heavy atom. The van der Waals surface area contributed by atoms with Gasteiger partial charge in [0.05, 0.1) is 6.04 Å². The van der Waals surface area contributed by atoms with Crippen LogP contribution in [0.25, 0.3) is 0 Å². The molecule has 0 aromatic rings. The van der Waals surface area contributed by atoms with E-state index in [9.17, 15) is 9.18 Å². The van der Waals surface area contributed by atoms with Crippen molar-refractivity contribution < 1.29 is 9.18 Å². The molecule has 1 N–H and O–H groups in total. The van der Waals surface area contributed by atoms with Crippen molar-refractivity contribution in [3.63, 3.8) is 0 Å². The van der Waals surface area contributed by atoms with Crippen LogP contribution in [0.15, 0.2) is 12.2 Å². The highest BCUT2D eigenvalue weighted by Crippen LogP contribution is 2.24. The minimum atomic E-state index is -1.24. The summed E-state index contributed by atoms with van der Waals surface area (Å²) in [6, 6.07) is -0.363. The predicted molar refractivity (Wildman–Crippen MR) is 45.7 cm³/mol. The molecule has 68 valence electrons. The number of carbonyl (C=O) groups is 1. The molecule has 0 bridgehead atoms. The summed E-state index contributed by atoms with van der Waals surface area (Å²) in [4.78, 5) is 11.3. The first kappa shape index (κ1) is 9.39. The summed E-state index contributed by atoms with van der Waals surface area (Å²) in [5.74, 6) is -0.0728. The quantitative estimate of drug-likeness (QED) is 0.633. The van der Waals surface area contributed by atoms with Crippen LogP contribution >= 0.6 is 0 Å². The molecule has 0 aromatic carbocycles. The summed E-state index contributed by atoms with van der Waals surface area (Å²) >= 11 is 0. The molecule has 3 heteroatoms. The van der Waals surface area contributed by atoms with Crippen LogP contribution in [0.2, 0.25) is 0 Å². The van der Waals surface area contributed by atoms with Gasteiger partial charge in [0, 0.05) is 13.0 Å². The normalized spacial score (nSPS) is 35.1. The standard InChI is InChI=1S/C9H14FNO/c1-6(2)8(12)7-4-9(3,10)5-11-7/h7,11H,1,4-5H2,2-3H3. The summed E-state index contributed by atoms with van der Waals surface area (Å²) in [6.07, 6.45) is 0.263.